The van der Waals surface area contributed by atoms with E-state index < -0.39 is 30.2 Å². The smallest absolute Gasteiger partial charge is 0.263 e. The highest BCUT2D eigenvalue weighted by atomic mass is 16.7. The van der Waals surface area contributed by atoms with Crippen LogP contribution in [0.3, 0.4) is 0 Å². The number of benzene rings is 1. The van der Waals surface area contributed by atoms with Gasteiger partial charge in [-0.1, -0.05) is 12.1 Å². The number of carbonyl (C=O) groups excluding carboxylic acids is 4. The van der Waals surface area contributed by atoms with Gasteiger partial charge in [-0.15, -0.1) is 0 Å². The van der Waals surface area contributed by atoms with Gasteiger partial charge in [0.25, 0.3) is 17.7 Å². The minimum absolute atomic E-state index is 0.265. The van der Waals surface area contributed by atoms with Crippen LogP contribution >= 0.6 is 0 Å². The molecule has 1 aromatic carbocycles. The summed E-state index contributed by atoms with van der Waals surface area (Å²) in [6, 6.07) is 6.32. The average Bonchev–Trinajstić information content (AvgIpc) is 2.72. The molecule has 0 bridgehead atoms. The predicted molar refractivity (Wildman–Crippen MR) is 70.0 cm³/mol. The number of fused-ring (bicyclic) bond motifs is 1. The lowest BCUT2D eigenvalue weighted by Gasteiger charge is -2.13. The van der Waals surface area contributed by atoms with E-state index in [4.69, 9.17) is 0 Å². The zero-order chi connectivity index (χ0) is 15.4. The molecule has 4 amide bonds. The minimum Gasteiger partial charge on any atom is -0.357 e. The summed E-state index contributed by atoms with van der Waals surface area (Å²) in [6.07, 6.45) is 0. The SMILES string of the molecule is CNC(=O)CONC(=O)CN1C(=O)c2ccccc2C1=O. The Balaban J connectivity index is 1.93. The van der Waals surface area contributed by atoms with Crippen molar-refractivity contribution in [3.63, 3.8) is 0 Å². The second kappa shape index (κ2) is 6.14. The maximum atomic E-state index is 12.0. The Morgan fingerprint density at radius 3 is 2.19 bits per heavy atom. The third-order valence-corrected chi connectivity index (χ3v) is 2.85. The minimum atomic E-state index is -0.701. The first-order valence-corrected chi connectivity index (χ1v) is 6.11. The quantitative estimate of drug-likeness (QED) is 0.539. The van der Waals surface area contributed by atoms with Gasteiger partial charge in [0.1, 0.15) is 6.54 Å². The van der Waals surface area contributed by atoms with E-state index in [-0.39, 0.29) is 17.7 Å². The van der Waals surface area contributed by atoms with Crippen molar-refractivity contribution >= 4 is 23.6 Å². The molecule has 0 unspecified atom stereocenters. The molecule has 1 aromatic rings. The zero-order valence-electron chi connectivity index (χ0n) is 11.2. The second-order valence-electron chi connectivity index (χ2n) is 4.23. The van der Waals surface area contributed by atoms with Crippen LogP contribution < -0.4 is 10.8 Å². The zero-order valence-corrected chi connectivity index (χ0v) is 11.2. The third-order valence-electron chi connectivity index (χ3n) is 2.85. The van der Waals surface area contributed by atoms with Gasteiger partial charge in [0.05, 0.1) is 11.1 Å². The maximum absolute atomic E-state index is 12.0. The number of nitrogens with one attached hydrogen (secondary N) is 2. The Morgan fingerprint density at radius 2 is 1.67 bits per heavy atom. The Hall–Kier alpha value is -2.74. The lowest BCUT2D eigenvalue weighted by Crippen LogP contribution is -2.41. The fourth-order valence-corrected chi connectivity index (χ4v) is 1.81. The van der Waals surface area contributed by atoms with Gasteiger partial charge in [-0.3, -0.25) is 28.9 Å². The molecule has 0 spiro atoms. The molecule has 8 nitrogen and oxygen atoms in total. The fourth-order valence-electron chi connectivity index (χ4n) is 1.81. The van der Waals surface area contributed by atoms with Crippen LogP contribution in [0.25, 0.3) is 0 Å². The van der Waals surface area contributed by atoms with Crippen LogP contribution in [0.5, 0.6) is 0 Å². The van der Waals surface area contributed by atoms with Crippen LogP contribution in [0.1, 0.15) is 20.7 Å². The Morgan fingerprint density at radius 1 is 1.10 bits per heavy atom. The number of hydrogen-bond donors (Lipinski definition) is 2. The topological polar surface area (TPSA) is 105 Å². The van der Waals surface area contributed by atoms with Crippen molar-refractivity contribution in [2.24, 2.45) is 0 Å². The number of imide groups is 1. The van der Waals surface area contributed by atoms with Crippen molar-refractivity contribution in [3.05, 3.63) is 35.4 Å². The Bertz CT molecular complexity index is 579. The van der Waals surface area contributed by atoms with Gasteiger partial charge in [-0.05, 0) is 12.1 Å². The largest absolute Gasteiger partial charge is 0.357 e. The van der Waals surface area contributed by atoms with Gasteiger partial charge in [-0.25, -0.2) is 5.48 Å². The molecule has 0 saturated carbocycles. The number of nitrogens with zero attached hydrogens (tertiary/aromatic N) is 1. The normalized spacial score (nSPS) is 13.1. The van der Waals surface area contributed by atoms with Crippen LogP contribution in [0, 0.1) is 0 Å². The van der Waals surface area contributed by atoms with Crippen molar-refractivity contribution in [2.75, 3.05) is 20.2 Å². The van der Waals surface area contributed by atoms with E-state index in [1.165, 1.54) is 19.2 Å². The van der Waals surface area contributed by atoms with E-state index in [2.05, 4.69) is 10.2 Å². The molecule has 2 rings (SSSR count). The van der Waals surface area contributed by atoms with E-state index in [9.17, 15) is 19.2 Å². The molecule has 0 radical (unpaired) electrons. The summed E-state index contributed by atoms with van der Waals surface area (Å²) in [6.45, 7) is -0.829. The van der Waals surface area contributed by atoms with Crippen LogP contribution in [0.4, 0.5) is 0 Å². The fraction of sp³-hybridized carbons (Fsp3) is 0.231. The molecule has 1 aliphatic heterocycles. The number of rotatable bonds is 5. The molecule has 21 heavy (non-hydrogen) atoms. The van der Waals surface area contributed by atoms with Crippen LogP contribution in [0.15, 0.2) is 24.3 Å². The van der Waals surface area contributed by atoms with Crippen LogP contribution in [-0.4, -0.2) is 48.7 Å². The molecule has 1 heterocycles. The summed E-state index contributed by atoms with van der Waals surface area (Å²) in [5.74, 6) is -2.18. The van der Waals surface area contributed by atoms with Gasteiger partial charge in [-0.2, -0.15) is 0 Å². The first-order valence-electron chi connectivity index (χ1n) is 6.11. The van der Waals surface area contributed by atoms with Crippen LogP contribution in [-0.2, 0) is 14.4 Å². The number of hydroxylamine groups is 1. The molecule has 0 fully saturated rings. The molecular formula is C13H13N3O5. The lowest BCUT2D eigenvalue weighted by atomic mass is 10.1. The first kappa shape index (κ1) is 14.7. The monoisotopic (exact) mass is 291 g/mol. The van der Waals surface area contributed by atoms with Crippen molar-refractivity contribution < 1.29 is 24.0 Å². The van der Waals surface area contributed by atoms with Gasteiger partial charge < -0.3 is 5.32 Å². The van der Waals surface area contributed by atoms with Gasteiger partial charge >= 0.3 is 0 Å². The molecule has 110 valence electrons. The highest BCUT2D eigenvalue weighted by molar-refractivity contribution is 6.22. The molecule has 0 aromatic heterocycles. The van der Waals surface area contributed by atoms with E-state index in [1.54, 1.807) is 12.1 Å². The predicted octanol–water partition coefficient (Wildman–Crippen LogP) is -0.924. The van der Waals surface area contributed by atoms with E-state index in [1.807, 2.05) is 5.48 Å². The molecule has 2 N–H and O–H groups in total. The van der Waals surface area contributed by atoms with E-state index >= 15 is 0 Å². The average molecular weight is 291 g/mol. The molecule has 1 aliphatic rings. The van der Waals surface area contributed by atoms with Crippen molar-refractivity contribution in [1.29, 1.82) is 0 Å². The highest BCUT2D eigenvalue weighted by Crippen LogP contribution is 2.21. The summed E-state index contributed by atoms with van der Waals surface area (Å²) in [5, 5.41) is 2.30. The molecule has 8 heteroatoms. The second-order valence-corrected chi connectivity index (χ2v) is 4.23. The molecule has 0 aliphatic carbocycles. The Kier molecular flexibility index (Phi) is 4.29. The van der Waals surface area contributed by atoms with Gasteiger partial charge in [0.15, 0.2) is 6.61 Å². The maximum Gasteiger partial charge on any atom is 0.263 e. The summed E-state index contributed by atoms with van der Waals surface area (Å²) in [7, 11) is 1.42. The molecule has 0 saturated heterocycles. The van der Waals surface area contributed by atoms with Gasteiger partial charge in [0.2, 0.25) is 5.91 Å². The standard InChI is InChI=1S/C13H13N3O5/c1-14-11(18)7-21-15-10(17)6-16-12(19)8-4-2-3-5-9(8)13(16)20/h2-5H,6-7H2,1H3,(H,14,18)(H,15,17). The summed E-state index contributed by atoms with van der Waals surface area (Å²) in [4.78, 5) is 51.9. The van der Waals surface area contributed by atoms with Crippen LogP contribution in [0.2, 0.25) is 0 Å². The lowest BCUT2D eigenvalue weighted by molar-refractivity contribution is -0.139. The van der Waals surface area contributed by atoms with Crippen molar-refractivity contribution in [3.8, 4) is 0 Å². The Labute approximate surface area is 120 Å². The van der Waals surface area contributed by atoms with E-state index in [0.29, 0.717) is 0 Å². The number of likely N-dealkylation sites (N-methyl/N-ethyl adjacent to an activating group) is 1. The summed E-state index contributed by atoms with van der Waals surface area (Å²) in [5.41, 5.74) is 2.53. The first-order chi connectivity index (χ1) is 10.0. The molecular weight excluding hydrogens is 278 g/mol. The summed E-state index contributed by atoms with van der Waals surface area (Å²) < 4.78 is 0. The number of carbonyl (C=O) groups is 4. The molecule has 0 atom stereocenters. The van der Waals surface area contributed by atoms with Crippen molar-refractivity contribution in [2.45, 2.75) is 0 Å². The number of hydrogen-bond acceptors (Lipinski definition) is 5. The summed E-state index contributed by atoms with van der Waals surface area (Å²) >= 11 is 0. The highest BCUT2D eigenvalue weighted by Gasteiger charge is 2.36. The van der Waals surface area contributed by atoms with Crippen molar-refractivity contribution in [1.82, 2.24) is 15.7 Å². The third kappa shape index (κ3) is 3.06. The van der Waals surface area contributed by atoms with E-state index in [0.717, 1.165) is 4.90 Å². The number of amides is 4. The van der Waals surface area contributed by atoms with Gasteiger partial charge in [0, 0.05) is 7.05 Å².